The fourth-order valence-corrected chi connectivity index (χ4v) is 1.91. The Kier molecular flexibility index (Phi) is 4.16. The van der Waals surface area contributed by atoms with Gasteiger partial charge < -0.3 is 10.4 Å². The smallest absolute Gasteiger partial charge is 0.326 e. The number of anilines is 1. The molecule has 6 heteroatoms. The van der Waals surface area contributed by atoms with Gasteiger partial charge in [-0.3, -0.25) is 0 Å². The number of rotatable bonds is 5. The van der Waals surface area contributed by atoms with E-state index in [0.29, 0.717) is 16.7 Å². The zero-order valence-corrected chi connectivity index (χ0v) is 9.23. The molecule has 1 aromatic rings. The zero-order chi connectivity index (χ0) is 10.6. The Morgan fingerprint density at radius 3 is 3.00 bits per heavy atom. The Morgan fingerprint density at radius 1 is 1.86 bits per heavy atom. The van der Waals surface area contributed by atoms with Gasteiger partial charge in [0.25, 0.3) is 0 Å². The normalized spacial score (nSPS) is 12.4. The molecular weight excluding hydrogens is 224 g/mol. The molecule has 1 heterocycles. The number of aliphatic carboxylic acids is 1. The van der Waals surface area contributed by atoms with E-state index >= 15 is 0 Å². The van der Waals surface area contributed by atoms with Crippen LogP contribution in [0.2, 0.25) is 5.15 Å². The van der Waals surface area contributed by atoms with Crippen LogP contribution in [0.5, 0.6) is 0 Å². The molecule has 0 saturated carbocycles. The molecule has 0 aliphatic carbocycles. The van der Waals surface area contributed by atoms with Crippen LogP contribution in [0.15, 0.2) is 5.38 Å². The summed E-state index contributed by atoms with van der Waals surface area (Å²) in [5.74, 6) is -0.863. The Morgan fingerprint density at radius 2 is 2.57 bits per heavy atom. The van der Waals surface area contributed by atoms with Gasteiger partial charge in [0.2, 0.25) is 0 Å². The fraction of sp³-hybridized carbons (Fsp3) is 0.500. The summed E-state index contributed by atoms with van der Waals surface area (Å²) in [6, 6.07) is -0.581. The Bertz CT molecular complexity index is 316. The van der Waals surface area contributed by atoms with Crippen molar-refractivity contribution in [3.05, 3.63) is 10.5 Å². The van der Waals surface area contributed by atoms with Crippen LogP contribution in [0, 0.1) is 0 Å². The minimum atomic E-state index is -0.863. The summed E-state index contributed by atoms with van der Waals surface area (Å²) < 4.78 is 0. The van der Waals surface area contributed by atoms with E-state index in [2.05, 4.69) is 10.3 Å². The molecule has 1 rings (SSSR count). The van der Waals surface area contributed by atoms with Crippen molar-refractivity contribution in [2.24, 2.45) is 0 Å². The van der Waals surface area contributed by atoms with Crippen molar-refractivity contribution in [3.63, 3.8) is 0 Å². The number of nitrogens with one attached hydrogen (secondary N) is 1. The van der Waals surface area contributed by atoms with Crippen molar-refractivity contribution in [2.45, 2.75) is 25.8 Å². The summed E-state index contributed by atoms with van der Waals surface area (Å²) in [5, 5.41) is 14.3. The predicted molar refractivity (Wildman–Crippen MR) is 57.1 cm³/mol. The van der Waals surface area contributed by atoms with Crippen LogP contribution in [-0.2, 0) is 4.79 Å². The highest BCUT2D eigenvalue weighted by Crippen LogP contribution is 2.20. The van der Waals surface area contributed by atoms with Crippen LogP contribution in [0.1, 0.15) is 19.8 Å². The average Bonchev–Trinajstić information content (AvgIpc) is 2.50. The predicted octanol–water partition coefficient (Wildman–Crippen LogP) is 2.46. The number of carboxylic acid groups (broad SMARTS) is 1. The summed E-state index contributed by atoms with van der Waals surface area (Å²) in [4.78, 5) is 14.7. The molecule has 0 bridgehead atoms. The highest BCUT2D eigenvalue weighted by Gasteiger charge is 2.16. The number of carboxylic acids is 1. The maximum atomic E-state index is 10.8. The van der Waals surface area contributed by atoms with Crippen LogP contribution in [0.3, 0.4) is 0 Å². The van der Waals surface area contributed by atoms with E-state index < -0.39 is 12.0 Å². The lowest BCUT2D eigenvalue weighted by molar-refractivity contribution is -0.138. The van der Waals surface area contributed by atoms with Crippen LogP contribution >= 0.6 is 22.9 Å². The Balaban J connectivity index is 2.59. The molecule has 0 aliphatic heterocycles. The lowest BCUT2D eigenvalue weighted by Crippen LogP contribution is -2.28. The highest BCUT2D eigenvalue weighted by molar-refractivity contribution is 7.14. The lowest BCUT2D eigenvalue weighted by Gasteiger charge is -2.11. The largest absolute Gasteiger partial charge is 0.480 e. The Labute approximate surface area is 90.9 Å². The molecule has 78 valence electrons. The number of thiazole rings is 1. The molecule has 0 aromatic carbocycles. The second-order valence-corrected chi connectivity index (χ2v) is 4.04. The average molecular weight is 235 g/mol. The van der Waals surface area contributed by atoms with Gasteiger partial charge in [0.05, 0.1) is 0 Å². The standard InChI is InChI=1S/C8H11ClN2O2S/c1-2-3-5(7(12)13)10-8-11-6(9)4-14-8/h4-5H,2-3H2,1H3,(H,10,11)(H,12,13). The van der Waals surface area contributed by atoms with Crippen LogP contribution < -0.4 is 5.32 Å². The van der Waals surface area contributed by atoms with E-state index in [1.807, 2.05) is 6.92 Å². The van der Waals surface area contributed by atoms with Crippen molar-refractivity contribution in [3.8, 4) is 0 Å². The molecule has 2 N–H and O–H groups in total. The van der Waals surface area contributed by atoms with Gasteiger partial charge in [0.1, 0.15) is 11.2 Å². The molecule has 0 saturated heterocycles. The maximum Gasteiger partial charge on any atom is 0.326 e. The second-order valence-electron chi connectivity index (χ2n) is 2.80. The van der Waals surface area contributed by atoms with Gasteiger partial charge in [-0.25, -0.2) is 9.78 Å². The summed E-state index contributed by atoms with van der Waals surface area (Å²) in [5.41, 5.74) is 0. The molecule has 0 aliphatic rings. The van der Waals surface area contributed by atoms with Crippen molar-refractivity contribution < 1.29 is 9.90 Å². The van der Waals surface area contributed by atoms with Gasteiger partial charge in [-0.2, -0.15) is 0 Å². The molecular formula is C8H11ClN2O2S. The van der Waals surface area contributed by atoms with E-state index in [9.17, 15) is 4.79 Å². The molecule has 0 radical (unpaired) electrons. The highest BCUT2D eigenvalue weighted by atomic mass is 35.5. The third-order valence-corrected chi connectivity index (χ3v) is 2.75. The first kappa shape index (κ1) is 11.3. The number of carbonyl (C=O) groups is 1. The first-order valence-corrected chi connectivity index (χ1v) is 5.49. The van der Waals surface area contributed by atoms with Crippen molar-refractivity contribution in [1.82, 2.24) is 4.98 Å². The minimum Gasteiger partial charge on any atom is -0.480 e. The van der Waals surface area contributed by atoms with Crippen molar-refractivity contribution in [2.75, 3.05) is 5.32 Å². The van der Waals surface area contributed by atoms with Gasteiger partial charge in [0, 0.05) is 5.38 Å². The van der Waals surface area contributed by atoms with E-state index in [0.717, 1.165) is 6.42 Å². The monoisotopic (exact) mass is 234 g/mol. The number of hydrogen-bond donors (Lipinski definition) is 2. The van der Waals surface area contributed by atoms with Gasteiger partial charge in [-0.05, 0) is 6.42 Å². The van der Waals surface area contributed by atoms with Crippen LogP contribution in [0.25, 0.3) is 0 Å². The third-order valence-electron chi connectivity index (χ3n) is 1.65. The van der Waals surface area contributed by atoms with Crippen LogP contribution in [0.4, 0.5) is 5.13 Å². The third kappa shape index (κ3) is 3.16. The minimum absolute atomic E-state index is 0.387. The lowest BCUT2D eigenvalue weighted by atomic mass is 10.2. The zero-order valence-electron chi connectivity index (χ0n) is 7.66. The van der Waals surface area contributed by atoms with E-state index in [-0.39, 0.29) is 0 Å². The molecule has 0 spiro atoms. The van der Waals surface area contributed by atoms with Gasteiger partial charge in [-0.15, -0.1) is 11.3 Å². The first-order valence-electron chi connectivity index (χ1n) is 4.24. The molecule has 1 unspecified atom stereocenters. The molecule has 0 fully saturated rings. The quantitative estimate of drug-likeness (QED) is 0.822. The molecule has 14 heavy (non-hydrogen) atoms. The van der Waals surface area contributed by atoms with E-state index in [1.54, 1.807) is 5.38 Å². The van der Waals surface area contributed by atoms with Crippen LogP contribution in [-0.4, -0.2) is 22.1 Å². The Hall–Kier alpha value is -0.810. The number of nitrogens with zero attached hydrogens (tertiary/aromatic N) is 1. The summed E-state index contributed by atoms with van der Waals surface area (Å²) in [7, 11) is 0. The first-order chi connectivity index (χ1) is 6.63. The van der Waals surface area contributed by atoms with E-state index in [4.69, 9.17) is 16.7 Å². The second kappa shape index (κ2) is 5.17. The van der Waals surface area contributed by atoms with Gasteiger partial charge in [0.15, 0.2) is 5.13 Å². The van der Waals surface area contributed by atoms with Crippen molar-refractivity contribution in [1.29, 1.82) is 0 Å². The molecule has 4 nitrogen and oxygen atoms in total. The molecule has 1 atom stereocenters. The molecule has 1 aromatic heterocycles. The SMILES string of the molecule is CCCC(Nc1nc(Cl)cs1)C(=O)O. The van der Waals surface area contributed by atoms with E-state index in [1.165, 1.54) is 11.3 Å². The number of aromatic nitrogens is 1. The molecule has 0 amide bonds. The number of halogens is 1. The van der Waals surface area contributed by atoms with Gasteiger partial charge >= 0.3 is 5.97 Å². The van der Waals surface area contributed by atoms with Gasteiger partial charge in [-0.1, -0.05) is 24.9 Å². The summed E-state index contributed by atoms with van der Waals surface area (Å²) >= 11 is 6.92. The summed E-state index contributed by atoms with van der Waals surface area (Å²) in [6.45, 7) is 1.94. The maximum absolute atomic E-state index is 10.8. The number of hydrogen-bond acceptors (Lipinski definition) is 4. The van der Waals surface area contributed by atoms with Crippen molar-refractivity contribution >= 4 is 34.0 Å². The topological polar surface area (TPSA) is 62.2 Å². The fourth-order valence-electron chi connectivity index (χ4n) is 1.02. The summed E-state index contributed by atoms with van der Waals surface area (Å²) in [6.07, 6.45) is 1.38.